The number of aromatic amines is 1. The van der Waals surface area contributed by atoms with Gasteiger partial charge >= 0.3 is 40.1 Å². The number of aliphatic carboxylic acids is 3. The maximum Gasteiger partial charge on any atom is 2.00 e. The fourth-order valence-electron chi connectivity index (χ4n) is 4.72. The number of rotatable bonds is 9. The number of pyridine rings is 1. The average molecular weight is 865 g/mol. The van der Waals surface area contributed by atoms with Gasteiger partial charge in [-0.15, -0.1) is 0 Å². The molecule has 5 aromatic rings. The van der Waals surface area contributed by atoms with Gasteiger partial charge in [0.05, 0.1) is 42.3 Å². The molecular formula is C36H43Cu2N5O12. The molecular weight excluding hydrogens is 822 g/mol. The van der Waals surface area contributed by atoms with Crippen LogP contribution in [-0.4, -0.2) is 102 Å². The minimum atomic E-state index is -1.36. The molecule has 2 aromatic heterocycles. The third-order valence-corrected chi connectivity index (χ3v) is 6.39. The Morgan fingerprint density at radius 3 is 1.95 bits per heavy atom. The zero-order chi connectivity index (χ0) is 40.7. The summed E-state index contributed by atoms with van der Waals surface area (Å²) >= 11 is 0. The van der Waals surface area contributed by atoms with E-state index < -0.39 is 30.4 Å². The number of hydrogen-bond donors (Lipinski definition) is 5. The summed E-state index contributed by atoms with van der Waals surface area (Å²) < 4.78 is 4.64. The number of carboxylic acid groups (broad SMARTS) is 3. The standard InChI is InChI=1S/C29H27N5O5.2C2H4O2.3CH4O.2Cu/c1-17-11-18(28(38)19(12-17)14-34(15-24(35)36)16-25(37)39-2)13-30-33-29-26-20-7-3-5-9-22(20)31-27(26)21-8-4-6-10-23(21)32-29;2*1-2(3)4;3*1-2;;/h3-13,31,38H,14-16H2,1-2H3,(H,32,33)(H,35,36);2*1H3,(H,3,4);3*2H,1H3;;/q;;;;;;2*+2/p-4/b30-13+;;;;;;;. The van der Waals surface area contributed by atoms with E-state index in [9.17, 15) is 19.8 Å². The Hall–Kier alpha value is -5.10. The molecule has 0 saturated heterocycles. The molecule has 5 N–H and O–H groups in total. The number of hydrazone groups is 1. The second-order valence-electron chi connectivity index (χ2n) is 10.2. The van der Waals surface area contributed by atoms with Crippen molar-refractivity contribution in [2.75, 3.05) is 47.0 Å². The molecule has 0 bridgehead atoms. The molecule has 0 aliphatic rings. The third-order valence-electron chi connectivity index (χ3n) is 6.39. The molecule has 19 heteroatoms. The van der Waals surface area contributed by atoms with Crippen molar-refractivity contribution >= 4 is 68.6 Å². The fraction of sp³-hybridized carbons (Fsp3) is 0.278. The molecule has 0 aliphatic heterocycles. The van der Waals surface area contributed by atoms with Gasteiger partial charge in [0.15, 0.2) is 5.82 Å². The van der Waals surface area contributed by atoms with E-state index in [1.165, 1.54) is 18.2 Å². The molecule has 0 fully saturated rings. The third kappa shape index (κ3) is 18.2. The van der Waals surface area contributed by atoms with Gasteiger partial charge in [-0.1, -0.05) is 59.8 Å². The quantitative estimate of drug-likeness (QED) is 0.0501. The summed E-state index contributed by atoms with van der Waals surface area (Å²) in [4.78, 5) is 50.2. The Morgan fingerprint density at radius 1 is 0.873 bits per heavy atom. The number of fused-ring (bicyclic) bond motifs is 5. The van der Waals surface area contributed by atoms with Crippen LogP contribution in [0, 0.1) is 6.92 Å². The molecule has 0 spiro atoms. The number of carbonyl (C=O) groups excluding carboxylic acids is 4. The Labute approximate surface area is 338 Å². The van der Waals surface area contributed by atoms with E-state index in [1.807, 2.05) is 55.5 Å². The summed E-state index contributed by atoms with van der Waals surface area (Å²) in [6, 6.07) is 19.1. The van der Waals surface area contributed by atoms with Gasteiger partial charge in [-0.3, -0.25) is 15.1 Å². The molecule has 3 aromatic carbocycles. The summed E-state index contributed by atoms with van der Waals surface area (Å²) in [5.74, 6) is -3.94. The van der Waals surface area contributed by atoms with E-state index in [1.54, 1.807) is 12.1 Å². The van der Waals surface area contributed by atoms with Gasteiger partial charge in [0.25, 0.3) is 0 Å². The van der Waals surface area contributed by atoms with Crippen LogP contribution in [0.1, 0.15) is 30.5 Å². The average Bonchev–Trinajstić information content (AvgIpc) is 3.52. The first-order valence-electron chi connectivity index (χ1n) is 15.4. The van der Waals surface area contributed by atoms with E-state index >= 15 is 0 Å². The monoisotopic (exact) mass is 863 g/mol. The minimum Gasteiger partial charge on any atom is -0.872 e. The van der Waals surface area contributed by atoms with Crippen LogP contribution in [0.2, 0.25) is 0 Å². The SMILES string of the molecule is CC(=O)[O-].CC(=O)[O-].CO.CO.CO.COC(=O)CN(CC(=O)[O-])Cc1cc(C)cc(/C=N/Nc2nc3ccccc3c3[nH]c4ccccc4c23)c1[O-].[Cu+2].[Cu+2]. The number of methoxy groups -OCH3 is 1. The minimum absolute atomic E-state index is 0. The first-order valence-corrected chi connectivity index (χ1v) is 15.4. The van der Waals surface area contributed by atoms with Crippen molar-refractivity contribution in [1.82, 2.24) is 14.9 Å². The van der Waals surface area contributed by atoms with Crippen molar-refractivity contribution in [2.24, 2.45) is 5.10 Å². The molecule has 55 heavy (non-hydrogen) atoms. The zero-order valence-electron chi connectivity index (χ0n) is 30.9. The number of aliphatic hydroxyl groups excluding tert-OH is 3. The molecule has 2 heterocycles. The van der Waals surface area contributed by atoms with Crippen LogP contribution in [0.25, 0.3) is 32.7 Å². The van der Waals surface area contributed by atoms with E-state index in [0.717, 1.165) is 73.4 Å². The summed E-state index contributed by atoms with van der Waals surface area (Å²) in [6.07, 6.45) is 1.42. The van der Waals surface area contributed by atoms with Crippen LogP contribution in [0.3, 0.4) is 0 Å². The van der Waals surface area contributed by atoms with Crippen molar-refractivity contribution in [3.05, 3.63) is 77.4 Å². The van der Waals surface area contributed by atoms with Gasteiger partial charge in [0, 0.05) is 62.6 Å². The fourth-order valence-corrected chi connectivity index (χ4v) is 4.72. The summed E-state index contributed by atoms with van der Waals surface area (Å²) in [7, 11) is 4.21. The number of benzene rings is 3. The van der Waals surface area contributed by atoms with Crippen molar-refractivity contribution in [3.63, 3.8) is 0 Å². The van der Waals surface area contributed by atoms with E-state index in [2.05, 4.69) is 20.2 Å². The smallest absolute Gasteiger partial charge is 0.872 e. The number of para-hydroxylation sites is 2. The molecule has 0 unspecified atom stereocenters. The molecule has 306 valence electrons. The number of H-pyrrole nitrogens is 1. The summed E-state index contributed by atoms with van der Waals surface area (Å²) in [6.45, 7) is 2.87. The van der Waals surface area contributed by atoms with Crippen molar-refractivity contribution < 1.29 is 93.8 Å². The van der Waals surface area contributed by atoms with Gasteiger partial charge in [-0.25, -0.2) is 4.98 Å². The number of esters is 1. The summed E-state index contributed by atoms with van der Waals surface area (Å²) in [5.41, 5.74) is 7.11. The normalized spacial score (nSPS) is 9.51. The van der Waals surface area contributed by atoms with Crippen LogP contribution in [-0.2, 0) is 64.6 Å². The predicted molar refractivity (Wildman–Crippen MR) is 191 cm³/mol. The number of nitrogens with zero attached hydrogens (tertiary/aromatic N) is 3. The number of carbonyl (C=O) groups is 4. The summed E-state index contributed by atoms with van der Waals surface area (Å²) in [5, 5.41) is 70.4. The second kappa shape index (κ2) is 29.3. The molecule has 0 atom stereocenters. The first kappa shape index (κ1) is 54.2. The van der Waals surface area contributed by atoms with Crippen LogP contribution in [0.5, 0.6) is 5.75 Å². The number of aryl methyl sites for hydroxylation is 1. The van der Waals surface area contributed by atoms with Crippen molar-refractivity contribution in [3.8, 4) is 5.75 Å². The first-order chi connectivity index (χ1) is 25.3. The molecule has 0 aliphatic carbocycles. The predicted octanol–water partition coefficient (Wildman–Crippen LogP) is -1.24. The molecule has 5 rings (SSSR count). The maximum atomic E-state index is 13.2. The van der Waals surface area contributed by atoms with Gasteiger partial charge < -0.3 is 59.9 Å². The number of nitrogens with one attached hydrogen (secondary N) is 2. The van der Waals surface area contributed by atoms with Gasteiger partial charge in [-0.05, 0) is 44.0 Å². The molecule has 0 amide bonds. The Balaban J connectivity index is -0.00000149. The van der Waals surface area contributed by atoms with Gasteiger partial charge in [0.2, 0.25) is 0 Å². The van der Waals surface area contributed by atoms with Crippen LogP contribution in [0.4, 0.5) is 5.82 Å². The number of ether oxygens (including phenoxy) is 1. The van der Waals surface area contributed by atoms with Crippen LogP contribution < -0.4 is 25.9 Å². The van der Waals surface area contributed by atoms with Crippen molar-refractivity contribution in [2.45, 2.75) is 27.3 Å². The number of aromatic nitrogens is 2. The Kier molecular flexibility index (Phi) is 28.9. The Bertz CT molecular complexity index is 1950. The molecule has 17 nitrogen and oxygen atoms in total. The number of carboxylic acids is 3. The number of aliphatic hydroxyl groups is 3. The van der Waals surface area contributed by atoms with E-state index in [-0.39, 0.29) is 53.0 Å². The number of hydrogen-bond acceptors (Lipinski definition) is 16. The largest absolute Gasteiger partial charge is 2.00 e. The van der Waals surface area contributed by atoms with Crippen molar-refractivity contribution in [1.29, 1.82) is 0 Å². The van der Waals surface area contributed by atoms with E-state index in [0.29, 0.717) is 16.9 Å². The van der Waals surface area contributed by atoms with E-state index in [4.69, 9.17) is 40.1 Å². The number of anilines is 1. The van der Waals surface area contributed by atoms with Gasteiger partial charge in [-0.2, -0.15) is 5.10 Å². The second-order valence-corrected chi connectivity index (χ2v) is 10.2. The zero-order valence-corrected chi connectivity index (χ0v) is 32.8. The topological polar surface area (TPSA) is 287 Å². The van der Waals surface area contributed by atoms with Crippen LogP contribution in [0.15, 0.2) is 65.8 Å². The molecule has 2 radical (unpaired) electrons. The van der Waals surface area contributed by atoms with Crippen LogP contribution >= 0.6 is 0 Å². The maximum absolute atomic E-state index is 13.2. The van der Waals surface area contributed by atoms with Gasteiger partial charge in [0.1, 0.15) is 0 Å². The molecule has 0 saturated carbocycles. The Morgan fingerprint density at radius 2 is 1.40 bits per heavy atom.